The van der Waals surface area contributed by atoms with Crippen LogP contribution in [0.15, 0.2) is 76.8 Å². The van der Waals surface area contributed by atoms with E-state index in [9.17, 15) is 28.7 Å². The predicted molar refractivity (Wildman–Crippen MR) is 167 cm³/mol. The fourth-order valence-electron chi connectivity index (χ4n) is 8.01. The summed E-state index contributed by atoms with van der Waals surface area (Å²) in [6, 6.07) is 15.8. The number of fused-ring (bicyclic) bond motifs is 4. The molecule has 4 amide bonds. The quantitative estimate of drug-likeness (QED) is 0.251. The summed E-state index contributed by atoms with van der Waals surface area (Å²) in [5.74, 6) is -5.73. The molecule has 2 heterocycles. The summed E-state index contributed by atoms with van der Waals surface area (Å²) in [5.41, 5.74) is 0.673. The van der Waals surface area contributed by atoms with Gasteiger partial charge in [-0.05, 0) is 89.6 Å². The van der Waals surface area contributed by atoms with Crippen LogP contribution in [0.5, 0.6) is 11.5 Å². The number of para-hydroxylation sites is 1. The number of anilines is 2. The SMILES string of the molecule is COc1cc(C2C3=CCC4C(=O)N(c5ccccc5)C(=O)C4C3CC3C(=O)N(c4ccc(F)c(Cl)c4)C(=O)C32C)cc(Br)c1O. The van der Waals surface area contributed by atoms with E-state index >= 15 is 0 Å². The maximum Gasteiger partial charge on any atom is 0.241 e. The highest BCUT2D eigenvalue weighted by molar-refractivity contribution is 9.10. The second-order valence-corrected chi connectivity index (χ2v) is 13.4. The molecule has 0 radical (unpaired) electrons. The minimum atomic E-state index is -1.33. The number of nitrogens with zero attached hydrogens (tertiary/aromatic N) is 2. The Labute approximate surface area is 271 Å². The lowest BCUT2D eigenvalue weighted by atomic mass is 9.51. The standard InChI is InChI=1S/C34H27BrClFN2O6/c1-34-22(31(42)39(33(34)44)18-8-11-25(37)24(36)14-18)15-21-19(28(34)16-12-23(35)29(40)26(13-16)45-2)9-10-20-27(21)32(43)38(30(20)41)17-6-4-3-5-7-17/h3-9,11-14,20-22,27-28,40H,10,15H2,1-2H3. The van der Waals surface area contributed by atoms with E-state index in [0.29, 0.717) is 15.7 Å². The van der Waals surface area contributed by atoms with Crippen LogP contribution >= 0.6 is 27.5 Å². The zero-order valence-electron chi connectivity index (χ0n) is 24.2. The number of carbonyl (C=O) groups is 4. The van der Waals surface area contributed by atoms with Crippen LogP contribution in [0, 0.1) is 34.9 Å². The average molecular weight is 694 g/mol. The molecule has 3 aromatic carbocycles. The van der Waals surface area contributed by atoms with E-state index in [-0.39, 0.29) is 46.9 Å². The number of hydrogen-bond acceptors (Lipinski definition) is 6. The van der Waals surface area contributed by atoms with E-state index in [1.165, 1.54) is 24.1 Å². The topological polar surface area (TPSA) is 104 Å². The number of rotatable bonds is 4. The van der Waals surface area contributed by atoms with Crippen molar-refractivity contribution in [1.82, 2.24) is 0 Å². The summed E-state index contributed by atoms with van der Waals surface area (Å²) in [4.78, 5) is 58.9. The number of carbonyl (C=O) groups excluding carboxylic acids is 4. The lowest BCUT2D eigenvalue weighted by Crippen LogP contribution is -2.48. The first kappa shape index (κ1) is 29.7. The molecule has 7 rings (SSSR count). The van der Waals surface area contributed by atoms with Gasteiger partial charge < -0.3 is 9.84 Å². The van der Waals surface area contributed by atoms with Gasteiger partial charge in [0.2, 0.25) is 23.6 Å². The Kier molecular flexibility index (Phi) is 6.94. The van der Waals surface area contributed by atoms with E-state index in [0.717, 1.165) is 16.5 Å². The Hall–Kier alpha value is -4.02. The summed E-state index contributed by atoms with van der Waals surface area (Å²) < 4.78 is 19.9. The van der Waals surface area contributed by atoms with Gasteiger partial charge in [-0.1, -0.05) is 41.4 Å². The van der Waals surface area contributed by atoms with Gasteiger partial charge in [0.05, 0.1) is 51.1 Å². The third kappa shape index (κ3) is 4.14. The second-order valence-electron chi connectivity index (χ2n) is 12.2. The molecular formula is C34H27BrClFN2O6. The molecule has 3 aromatic rings. The number of imide groups is 2. The molecule has 0 aromatic heterocycles. The van der Waals surface area contributed by atoms with E-state index in [1.54, 1.807) is 49.4 Å². The van der Waals surface area contributed by atoms with Gasteiger partial charge in [0.1, 0.15) is 5.82 Å². The lowest BCUT2D eigenvalue weighted by Gasteiger charge is -2.49. The molecule has 1 N–H and O–H groups in total. The first-order chi connectivity index (χ1) is 21.5. The van der Waals surface area contributed by atoms with Gasteiger partial charge in [0.25, 0.3) is 0 Å². The van der Waals surface area contributed by atoms with Gasteiger partial charge in [-0.3, -0.25) is 24.1 Å². The molecule has 0 spiro atoms. The monoisotopic (exact) mass is 692 g/mol. The summed E-state index contributed by atoms with van der Waals surface area (Å²) >= 11 is 9.47. The van der Waals surface area contributed by atoms with Crippen LogP contribution in [0.4, 0.5) is 15.8 Å². The molecule has 8 nitrogen and oxygen atoms in total. The molecule has 6 unspecified atom stereocenters. The van der Waals surface area contributed by atoms with Crippen LogP contribution in [-0.2, 0) is 19.2 Å². The molecule has 6 atom stereocenters. The van der Waals surface area contributed by atoms with E-state index in [4.69, 9.17) is 16.3 Å². The Morgan fingerprint density at radius 2 is 1.69 bits per heavy atom. The maximum absolute atomic E-state index is 14.5. The number of phenolic OH excluding ortho intramolecular Hbond substituents is 1. The van der Waals surface area contributed by atoms with Gasteiger partial charge >= 0.3 is 0 Å². The summed E-state index contributed by atoms with van der Waals surface area (Å²) in [5, 5.41) is 10.4. The number of ether oxygens (including phenoxy) is 1. The number of allylic oxidation sites excluding steroid dienone is 2. The smallest absolute Gasteiger partial charge is 0.241 e. The fraction of sp³-hybridized carbons (Fsp3) is 0.294. The van der Waals surface area contributed by atoms with Crippen molar-refractivity contribution in [2.45, 2.75) is 25.7 Å². The Bertz CT molecular complexity index is 1850. The summed E-state index contributed by atoms with van der Waals surface area (Å²) in [6.45, 7) is 1.74. The highest BCUT2D eigenvalue weighted by Crippen LogP contribution is 2.64. The Morgan fingerprint density at radius 3 is 2.38 bits per heavy atom. The normalized spacial score (nSPS) is 29.0. The first-order valence-corrected chi connectivity index (χ1v) is 15.7. The molecule has 11 heteroatoms. The third-order valence-electron chi connectivity index (χ3n) is 10.1. The van der Waals surface area contributed by atoms with Crippen molar-refractivity contribution in [2.24, 2.45) is 29.1 Å². The van der Waals surface area contributed by atoms with Crippen molar-refractivity contribution in [2.75, 3.05) is 16.9 Å². The van der Waals surface area contributed by atoms with Crippen LogP contribution in [0.1, 0.15) is 31.2 Å². The maximum atomic E-state index is 14.5. The Morgan fingerprint density at radius 1 is 0.956 bits per heavy atom. The molecule has 2 aliphatic heterocycles. The molecule has 4 aliphatic rings. The number of phenols is 1. The Balaban J connectivity index is 1.40. The number of benzene rings is 3. The van der Waals surface area contributed by atoms with Gasteiger partial charge in [-0.2, -0.15) is 0 Å². The molecular weight excluding hydrogens is 667 g/mol. The third-order valence-corrected chi connectivity index (χ3v) is 10.9. The van der Waals surface area contributed by atoms with Gasteiger partial charge in [0.15, 0.2) is 11.5 Å². The van der Waals surface area contributed by atoms with Crippen molar-refractivity contribution >= 4 is 62.5 Å². The van der Waals surface area contributed by atoms with Crippen LogP contribution in [0.2, 0.25) is 5.02 Å². The molecule has 2 saturated heterocycles. The first-order valence-electron chi connectivity index (χ1n) is 14.5. The minimum absolute atomic E-state index is 0.125. The number of aromatic hydroxyl groups is 1. The molecule has 3 fully saturated rings. The molecule has 2 aliphatic carbocycles. The second kappa shape index (κ2) is 10.5. The van der Waals surface area contributed by atoms with Crippen molar-refractivity contribution in [3.05, 3.63) is 93.2 Å². The van der Waals surface area contributed by atoms with Crippen molar-refractivity contribution in [3.63, 3.8) is 0 Å². The van der Waals surface area contributed by atoms with Crippen LogP contribution in [-0.4, -0.2) is 35.8 Å². The van der Waals surface area contributed by atoms with E-state index in [1.807, 2.05) is 6.08 Å². The summed E-state index contributed by atoms with van der Waals surface area (Å²) in [6.07, 6.45) is 2.39. The number of methoxy groups -OCH3 is 1. The zero-order chi connectivity index (χ0) is 31.9. The van der Waals surface area contributed by atoms with Crippen LogP contribution < -0.4 is 14.5 Å². The number of hydrogen-bond donors (Lipinski definition) is 1. The van der Waals surface area contributed by atoms with Crippen LogP contribution in [0.3, 0.4) is 0 Å². The highest BCUT2D eigenvalue weighted by Gasteiger charge is 2.67. The predicted octanol–water partition coefficient (Wildman–Crippen LogP) is 6.39. The fourth-order valence-corrected chi connectivity index (χ4v) is 8.65. The minimum Gasteiger partial charge on any atom is -0.503 e. The molecule has 0 bridgehead atoms. The molecule has 230 valence electrons. The van der Waals surface area contributed by atoms with Gasteiger partial charge in [-0.15, -0.1) is 0 Å². The zero-order valence-corrected chi connectivity index (χ0v) is 26.5. The molecule has 45 heavy (non-hydrogen) atoms. The largest absolute Gasteiger partial charge is 0.503 e. The summed E-state index contributed by atoms with van der Waals surface area (Å²) in [7, 11) is 1.41. The van der Waals surface area contributed by atoms with Gasteiger partial charge in [-0.25, -0.2) is 9.29 Å². The number of amides is 4. The van der Waals surface area contributed by atoms with Crippen LogP contribution in [0.25, 0.3) is 0 Å². The van der Waals surface area contributed by atoms with E-state index in [2.05, 4.69) is 15.9 Å². The van der Waals surface area contributed by atoms with Crippen molar-refractivity contribution < 1.29 is 33.4 Å². The van der Waals surface area contributed by atoms with E-state index < -0.39 is 52.6 Å². The lowest BCUT2D eigenvalue weighted by molar-refractivity contribution is -0.131. The van der Waals surface area contributed by atoms with Crippen molar-refractivity contribution in [1.29, 1.82) is 0 Å². The number of halogens is 3. The van der Waals surface area contributed by atoms with Gasteiger partial charge in [0, 0.05) is 5.92 Å². The average Bonchev–Trinajstić information content (AvgIpc) is 3.39. The highest BCUT2D eigenvalue weighted by atomic mass is 79.9. The molecule has 1 saturated carbocycles. The van der Waals surface area contributed by atoms with Crippen molar-refractivity contribution in [3.8, 4) is 11.5 Å².